The Hall–Kier alpha value is -0.643. The molecule has 1 aliphatic rings. The van der Waals surface area contributed by atoms with Crippen LogP contribution in [0.25, 0.3) is 0 Å². The van der Waals surface area contributed by atoms with Crippen molar-refractivity contribution in [1.82, 2.24) is 0 Å². The third-order valence-electron chi connectivity index (χ3n) is 6.42. The van der Waals surface area contributed by atoms with E-state index in [2.05, 4.69) is 65.8 Å². The van der Waals surface area contributed by atoms with Crippen molar-refractivity contribution in [2.24, 2.45) is 0 Å². The van der Waals surface area contributed by atoms with Gasteiger partial charge < -0.3 is 9.47 Å². The van der Waals surface area contributed by atoms with E-state index in [0.29, 0.717) is 12.7 Å². The number of benzene rings is 1. The van der Waals surface area contributed by atoms with Crippen LogP contribution in [-0.2, 0) is 16.1 Å². The largest absolute Gasteiger partial charge is 0.374 e. The molecule has 0 N–H and O–H groups in total. The van der Waals surface area contributed by atoms with Crippen LogP contribution in [0.3, 0.4) is 0 Å². The van der Waals surface area contributed by atoms with E-state index in [1.165, 1.54) is 18.0 Å². The summed E-state index contributed by atoms with van der Waals surface area (Å²) in [6, 6.07) is 11.7. The Morgan fingerprint density at radius 2 is 1.48 bits per heavy atom. The second kappa shape index (κ2) is 9.34. The van der Waals surface area contributed by atoms with E-state index >= 15 is 0 Å². The topological polar surface area (TPSA) is 18.5 Å². The summed E-state index contributed by atoms with van der Waals surface area (Å²) >= 11 is 0. The van der Waals surface area contributed by atoms with Gasteiger partial charge in [-0.05, 0) is 24.4 Å². The van der Waals surface area contributed by atoms with Crippen molar-refractivity contribution in [3.63, 3.8) is 0 Å². The Labute approximate surface area is 156 Å². The highest BCUT2D eigenvalue weighted by atomic mass is 28.3. The SMILES string of the molecule is CC(C)[Si](C[C@H]1CC[C@@H](COCc2ccccc2)O1)(C(C)C)C(C)C. The van der Waals surface area contributed by atoms with Crippen molar-refractivity contribution in [2.75, 3.05) is 6.61 Å². The molecule has 1 aromatic rings. The van der Waals surface area contributed by atoms with Gasteiger partial charge >= 0.3 is 0 Å². The molecule has 1 saturated heterocycles. The van der Waals surface area contributed by atoms with Gasteiger partial charge in [0.05, 0.1) is 33.5 Å². The van der Waals surface area contributed by atoms with E-state index in [1.807, 2.05) is 6.07 Å². The highest BCUT2D eigenvalue weighted by Crippen LogP contribution is 2.46. The molecule has 0 amide bonds. The maximum absolute atomic E-state index is 6.42. The number of hydrogen-bond acceptors (Lipinski definition) is 2. The molecule has 1 heterocycles. The molecule has 25 heavy (non-hydrogen) atoms. The molecule has 0 aliphatic carbocycles. The Bertz CT molecular complexity index is 476. The lowest BCUT2D eigenvalue weighted by Gasteiger charge is -2.44. The third-order valence-corrected chi connectivity index (χ3v) is 14.0. The number of rotatable bonds is 9. The second-order valence-electron chi connectivity index (χ2n) is 8.74. The molecule has 2 rings (SSSR count). The molecular weight excluding hydrogens is 324 g/mol. The van der Waals surface area contributed by atoms with E-state index in [9.17, 15) is 0 Å². The average Bonchev–Trinajstić information content (AvgIpc) is 3.00. The van der Waals surface area contributed by atoms with Gasteiger partial charge in [0.15, 0.2) is 0 Å². The summed E-state index contributed by atoms with van der Waals surface area (Å²) in [5, 5.41) is 0. The van der Waals surface area contributed by atoms with Gasteiger partial charge in [-0.25, -0.2) is 0 Å². The molecule has 2 nitrogen and oxygen atoms in total. The molecule has 1 fully saturated rings. The minimum atomic E-state index is -1.37. The lowest BCUT2D eigenvalue weighted by atomic mass is 10.2. The van der Waals surface area contributed by atoms with Crippen LogP contribution in [0.1, 0.15) is 59.9 Å². The van der Waals surface area contributed by atoms with Gasteiger partial charge in [0.1, 0.15) is 0 Å². The van der Waals surface area contributed by atoms with Crippen LogP contribution in [0.15, 0.2) is 30.3 Å². The second-order valence-corrected chi connectivity index (χ2v) is 14.8. The molecular formula is C22H38O2Si. The summed E-state index contributed by atoms with van der Waals surface area (Å²) in [6.45, 7) is 16.1. The number of hydrogen-bond donors (Lipinski definition) is 0. The Kier molecular flexibility index (Phi) is 7.72. The van der Waals surface area contributed by atoms with Crippen LogP contribution in [0, 0.1) is 0 Å². The van der Waals surface area contributed by atoms with Crippen LogP contribution in [0.4, 0.5) is 0 Å². The minimum Gasteiger partial charge on any atom is -0.374 e. The van der Waals surface area contributed by atoms with Crippen molar-refractivity contribution < 1.29 is 9.47 Å². The van der Waals surface area contributed by atoms with Crippen LogP contribution < -0.4 is 0 Å². The lowest BCUT2D eigenvalue weighted by molar-refractivity contribution is -0.0148. The summed E-state index contributed by atoms with van der Waals surface area (Å²) in [7, 11) is -1.37. The molecule has 0 radical (unpaired) electrons. The molecule has 2 atom stereocenters. The molecule has 0 saturated carbocycles. The summed E-state index contributed by atoms with van der Waals surface area (Å²) < 4.78 is 12.3. The van der Waals surface area contributed by atoms with Crippen molar-refractivity contribution >= 4 is 8.07 Å². The van der Waals surface area contributed by atoms with E-state index in [0.717, 1.165) is 29.7 Å². The first-order valence-electron chi connectivity index (χ1n) is 10.1. The van der Waals surface area contributed by atoms with Crippen LogP contribution in [-0.4, -0.2) is 26.9 Å². The molecule has 0 spiro atoms. The molecule has 0 aromatic heterocycles. The summed E-state index contributed by atoms with van der Waals surface area (Å²) in [5.41, 5.74) is 3.67. The molecule has 3 heteroatoms. The average molecular weight is 363 g/mol. The summed E-state index contributed by atoms with van der Waals surface area (Å²) in [4.78, 5) is 0. The smallest absolute Gasteiger partial charge is 0.0813 e. The maximum Gasteiger partial charge on any atom is 0.0813 e. The van der Waals surface area contributed by atoms with Crippen molar-refractivity contribution in [1.29, 1.82) is 0 Å². The normalized spacial score (nSPS) is 21.6. The predicted molar refractivity (Wildman–Crippen MR) is 110 cm³/mol. The van der Waals surface area contributed by atoms with Gasteiger partial charge in [0.25, 0.3) is 0 Å². The molecule has 0 unspecified atom stereocenters. The molecule has 1 aromatic carbocycles. The van der Waals surface area contributed by atoms with Gasteiger partial charge in [0.2, 0.25) is 0 Å². The van der Waals surface area contributed by atoms with E-state index in [-0.39, 0.29) is 6.10 Å². The standard InChI is InChI=1S/C22H38O2Si/c1-17(2)25(18(3)4,19(5)6)16-22-13-12-21(24-22)15-23-14-20-10-8-7-9-11-20/h7-11,17-19,21-22H,12-16H2,1-6H3/t21-,22+/m0/s1. The molecule has 1 aliphatic heterocycles. The van der Waals surface area contributed by atoms with Crippen molar-refractivity contribution in [2.45, 2.75) is 95.9 Å². The highest BCUT2D eigenvalue weighted by molar-refractivity contribution is 6.83. The fourth-order valence-corrected chi connectivity index (χ4v) is 11.5. The van der Waals surface area contributed by atoms with Crippen LogP contribution in [0.2, 0.25) is 22.7 Å². The van der Waals surface area contributed by atoms with Gasteiger partial charge in [0, 0.05) is 0 Å². The van der Waals surface area contributed by atoms with Crippen LogP contribution >= 0.6 is 0 Å². The zero-order chi connectivity index (χ0) is 18.4. The predicted octanol–water partition coefficient (Wildman–Crippen LogP) is 6.43. The Morgan fingerprint density at radius 3 is 2.04 bits per heavy atom. The highest BCUT2D eigenvalue weighted by Gasteiger charge is 2.45. The third kappa shape index (κ3) is 5.18. The number of ether oxygens (including phenoxy) is 2. The van der Waals surface area contributed by atoms with Crippen LogP contribution in [0.5, 0.6) is 0 Å². The van der Waals surface area contributed by atoms with Crippen molar-refractivity contribution in [3.8, 4) is 0 Å². The van der Waals surface area contributed by atoms with Gasteiger partial charge in [-0.2, -0.15) is 0 Å². The fraction of sp³-hybridized carbons (Fsp3) is 0.727. The quantitative estimate of drug-likeness (QED) is 0.471. The van der Waals surface area contributed by atoms with Gasteiger partial charge in [-0.15, -0.1) is 0 Å². The minimum absolute atomic E-state index is 0.284. The van der Waals surface area contributed by atoms with E-state index in [4.69, 9.17) is 9.47 Å². The first kappa shape index (κ1) is 20.7. The lowest BCUT2D eigenvalue weighted by Crippen LogP contribution is -2.47. The zero-order valence-electron chi connectivity index (χ0n) is 17.1. The summed E-state index contributed by atoms with van der Waals surface area (Å²) in [6.07, 6.45) is 3.09. The zero-order valence-corrected chi connectivity index (χ0v) is 18.1. The monoisotopic (exact) mass is 362 g/mol. The van der Waals surface area contributed by atoms with E-state index in [1.54, 1.807) is 0 Å². The fourth-order valence-electron chi connectivity index (χ4n) is 5.04. The van der Waals surface area contributed by atoms with Gasteiger partial charge in [-0.1, -0.05) is 88.5 Å². The first-order chi connectivity index (χ1) is 11.9. The van der Waals surface area contributed by atoms with Gasteiger partial charge in [-0.3, -0.25) is 0 Å². The Balaban J connectivity index is 1.84. The Morgan fingerprint density at radius 1 is 0.920 bits per heavy atom. The maximum atomic E-state index is 6.42. The molecule has 0 bridgehead atoms. The summed E-state index contributed by atoms with van der Waals surface area (Å²) in [5.74, 6) is 0. The van der Waals surface area contributed by atoms with E-state index < -0.39 is 8.07 Å². The molecule has 142 valence electrons. The first-order valence-corrected chi connectivity index (χ1v) is 12.6. The van der Waals surface area contributed by atoms with Crippen molar-refractivity contribution in [3.05, 3.63) is 35.9 Å².